The predicted octanol–water partition coefficient (Wildman–Crippen LogP) is 2.30. The first-order chi connectivity index (χ1) is 10.3. The molecule has 0 spiro atoms. The standard InChI is InChI=1S/C15H22N2O2S2/c1-19-14-5-4-12(21-14)11-17-6-2-3-13(17)15(18)16-7-9-20-10-8-16/h4-5,13H,2-3,6-11H2,1H3. The fourth-order valence-corrected chi connectivity index (χ4v) is 4.79. The molecule has 1 unspecified atom stereocenters. The van der Waals surface area contributed by atoms with E-state index in [0.29, 0.717) is 5.91 Å². The van der Waals surface area contributed by atoms with E-state index in [1.165, 1.54) is 4.88 Å². The minimum Gasteiger partial charge on any atom is -0.487 e. The number of nitrogens with zero attached hydrogens (tertiary/aromatic N) is 2. The van der Waals surface area contributed by atoms with E-state index in [1.807, 2.05) is 17.8 Å². The Kier molecular flexibility index (Phi) is 5.08. The van der Waals surface area contributed by atoms with Gasteiger partial charge in [-0.15, -0.1) is 11.3 Å². The molecule has 3 rings (SSSR count). The van der Waals surface area contributed by atoms with E-state index < -0.39 is 0 Å². The molecule has 2 aliphatic heterocycles. The molecule has 0 bridgehead atoms. The average molecular weight is 326 g/mol. The van der Waals surface area contributed by atoms with Crippen LogP contribution in [-0.4, -0.2) is 60.0 Å². The summed E-state index contributed by atoms with van der Waals surface area (Å²) in [5.74, 6) is 2.51. The molecule has 0 radical (unpaired) electrons. The van der Waals surface area contributed by atoms with Crippen molar-refractivity contribution >= 4 is 29.0 Å². The third-order valence-corrected chi connectivity index (χ3v) is 6.14. The number of hydrogen-bond donors (Lipinski definition) is 0. The highest BCUT2D eigenvalue weighted by Gasteiger charge is 2.34. The van der Waals surface area contributed by atoms with Gasteiger partial charge in [0.2, 0.25) is 5.91 Å². The number of methoxy groups -OCH3 is 1. The van der Waals surface area contributed by atoms with Gasteiger partial charge in [-0.1, -0.05) is 0 Å². The van der Waals surface area contributed by atoms with Crippen LogP contribution in [0, 0.1) is 0 Å². The molecule has 2 saturated heterocycles. The Morgan fingerprint density at radius 1 is 1.33 bits per heavy atom. The molecule has 1 atom stereocenters. The zero-order valence-electron chi connectivity index (χ0n) is 12.4. The topological polar surface area (TPSA) is 32.8 Å². The van der Waals surface area contributed by atoms with E-state index in [9.17, 15) is 4.79 Å². The molecule has 6 heteroatoms. The van der Waals surface area contributed by atoms with Crippen LogP contribution in [0.15, 0.2) is 12.1 Å². The van der Waals surface area contributed by atoms with Crippen molar-refractivity contribution in [2.75, 3.05) is 38.2 Å². The second-order valence-corrected chi connectivity index (χ2v) is 7.85. The van der Waals surface area contributed by atoms with E-state index in [2.05, 4.69) is 15.9 Å². The summed E-state index contributed by atoms with van der Waals surface area (Å²) in [7, 11) is 1.70. The Hall–Kier alpha value is -0.720. The molecule has 2 aliphatic rings. The first kappa shape index (κ1) is 15.2. The summed E-state index contributed by atoms with van der Waals surface area (Å²) < 4.78 is 5.25. The van der Waals surface area contributed by atoms with Crippen molar-refractivity contribution in [1.82, 2.24) is 9.80 Å². The number of carbonyl (C=O) groups excluding carboxylic acids is 1. The Morgan fingerprint density at radius 2 is 2.14 bits per heavy atom. The highest BCUT2D eigenvalue weighted by molar-refractivity contribution is 7.99. The summed E-state index contributed by atoms with van der Waals surface area (Å²) >= 11 is 3.62. The minimum absolute atomic E-state index is 0.0844. The molecule has 1 amide bonds. The fraction of sp³-hybridized carbons (Fsp3) is 0.667. The van der Waals surface area contributed by atoms with E-state index in [0.717, 1.165) is 55.6 Å². The van der Waals surface area contributed by atoms with Crippen molar-refractivity contribution in [2.24, 2.45) is 0 Å². The average Bonchev–Trinajstić information content (AvgIpc) is 3.17. The molecule has 1 aromatic rings. The van der Waals surface area contributed by atoms with Crippen molar-refractivity contribution in [2.45, 2.75) is 25.4 Å². The van der Waals surface area contributed by atoms with E-state index in [4.69, 9.17) is 4.74 Å². The lowest BCUT2D eigenvalue weighted by atomic mass is 10.2. The monoisotopic (exact) mass is 326 g/mol. The second kappa shape index (κ2) is 7.03. The van der Waals surface area contributed by atoms with Gasteiger partial charge in [0, 0.05) is 36.0 Å². The zero-order chi connectivity index (χ0) is 14.7. The molecular weight excluding hydrogens is 304 g/mol. The molecule has 0 aliphatic carbocycles. The molecule has 1 aromatic heterocycles. The number of thiophene rings is 1. The predicted molar refractivity (Wildman–Crippen MR) is 88.2 cm³/mol. The summed E-state index contributed by atoms with van der Waals surface area (Å²) in [6.45, 7) is 3.73. The zero-order valence-corrected chi connectivity index (χ0v) is 14.0. The smallest absolute Gasteiger partial charge is 0.239 e. The molecule has 4 nitrogen and oxygen atoms in total. The van der Waals surface area contributed by atoms with Crippen LogP contribution < -0.4 is 4.74 Å². The fourth-order valence-electron chi connectivity index (χ4n) is 3.04. The van der Waals surface area contributed by atoms with Crippen LogP contribution in [0.4, 0.5) is 0 Å². The third kappa shape index (κ3) is 3.55. The molecule has 0 N–H and O–H groups in total. The number of carbonyl (C=O) groups is 1. The molecule has 21 heavy (non-hydrogen) atoms. The first-order valence-electron chi connectivity index (χ1n) is 7.51. The number of likely N-dealkylation sites (tertiary alicyclic amines) is 1. The lowest BCUT2D eigenvalue weighted by Crippen LogP contribution is -2.48. The van der Waals surface area contributed by atoms with Gasteiger partial charge in [0.1, 0.15) is 0 Å². The van der Waals surface area contributed by atoms with Crippen LogP contribution in [0.3, 0.4) is 0 Å². The highest BCUT2D eigenvalue weighted by Crippen LogP contribution is 2.28. The van der Waals surface area contributed by atoms with Crippen molar-refractivity contribution in [3.63, 3.8) is 0 Å². The summed E-state index contributed by atoms with van der Waals surface area (Å²) in [6.07, 6.45) is 2.13. The van der Waals surface area contributed by atoms with Crippen LogP contribution in [0.2, 0.25) is 0 Å². The summed E-state index contributed by atoms with van der Waals surface area (Å²) in [4.78, 5) is 18.4. The van der Waals surface area contributed by atoms with Crippen molar-refractivity contribution in [3.05, 3.63) is 17.0 Å². The van der Waals surface area contributed by atoms with Crippen LogP contribution in [0.1, 0.15) is 17.7 Å². The maximum atomic E-state index is 12.7. The molecule has 116 valence electrons. The maximum absolute atomic E-state index is 12.7. The highest BCUT2D eigenvalue weighted by atomic mass is 32.2. The van der Waals surface area contributed by atoms with E-state index in [1.54, 1.807) is 18.4 Å². The molecule has 2 fully saturated rings. The van der Waals surface area contributed by atoms with Gasteiger partial charge < -0.3 is 9.64 Å². The number of thioether (sulfide) groups is 1. The van der Waals surface area contributed by atoms with Crippen LogP contribution in [0.25, 0.3) is 0 Å². The van der Waals surface area contributed by atoms with Crippen molar-refractivity contribution in [3.8, 4) is 5.06 Å². The summed E-state index contributed by atoms with van der Waals surface area (Å²) in [6, 6.07) is 4.21. The van der Waals surface area contributed by atoms with Crippen LogP contribution >= 0.6 is 23.1 Å². The number of rotatable bonds is 4. The van der Waals surface area contributed by atoms with Gasteiger partial charge in [-0.3, -0.25) is 9.69 Å². The van der Waals surface area contributed by atoms with E-state index in [-0.39, 0.29) is 6.04 Å². The van der Waals surface area contributed by atoms with Crippen LogP contribution in [0.5, 0.6) is 5.06 Å². The maximum Gasteiger partial charge on any atom is 0.239 e. The molecule has 3 heterocycles. The number of ether oxygens (including phenoxy) is 1. The quantitative estimate of drug-likeness (QED) is 0.850. The van der Waals surface area contributed by atoms with Gasteiger partial charge in [-0.25, -0.2) is 0 Å². The second-order valence-electron chi connectivity index (χ2n) is 5.49. The van der Waals surface area contributed by atoms with Gasteiger partial charge in [0.15, 0.2) is 5.06 Å². The number of hydrogen-bond acceptors (Lipinski definition) is 5. The van der Waals surface area contributed by atoms with Crippen molar-refractivity contribution < 1.29 is 9.53 Å². The number of amides is 1. The molecule has 0 aromatic carbocycles. The Morgan fingerprint density at radius 3 is 2.86 bits per heavy atom. The first-order valence-corrected chi connectivity index (χ1v) is 9.48. The van der Waals surface area contributed by atoms with Crippen LogP contribution in [-0.2, 0) is 11.3 Å². The largest absolute Gasteiger partial charge is 0.487 e. The lowest BCUT2D eigenvalue weighted by molar-refractivity contribution is -0.135. The molecular formula is C15H22N2O2S2. The van der Waals surface area contributed by atoms with Gasteiger partial charge in [0.05, 0.1) is 13.2 Å². The van der Waals surface area contributed by atoms with Gasteiger partial charge in [0.25, 0.3) is 0 Å². The Labute approximate surface area is 134 Å². The SMILES string of the molecule is COc1ccc(CN2CCCC2C(=O)N2CCSCC2)s1. The van der Waals surface area contributed by atoms with E-state index >= 15 is 0 Å². The lowest BCUT2D eigenvalue weighted by Gasteiger charge is -2.32. The summed E-state index contributed by atoms with van der Waals surface area (Å²) in [5, 5.41) is 0.945. The summed E-state index contributed by atoms with van der Waals surface area (Å²) in [5.41, 5.74) is 0. The van der Waals surface area contributed by atoms with Crippen molar-refractivity contribution in [1.29, 1.82) is 0 Å². The Bertz CT molecular complexity index is 486. The van der Waals surface area contributed by atoms with Gasteiger partial charge in [-0.2, -0.15) is 11.8 Å². The van der Waals surface area contributed by atoms with Gasteiger partial charge in [-0.05, 0) is 31.5 Å². The minimum atomic E-state index is 0.0844. The third-order valence-electron chi connectivity index (χ3n) is 4.17. The Balaban J connectivity index is 1.62. The normalized spacial score (nSPS) is 23.5. The van der Waals surface area contributed by atoms with Gasteiger partial charge >= 0.3 is 0 Å². The molecule has 0 saturated carbocycles.